The molecule has 7 nitrogen and oxygen atoms in total. The number of anilines is 1. The Morgan fingerprint density at radius 2 is 2.11 bits per heavy atom. The van der Waals surface area contributed by atoms with Crippen LogP contribution in [0.3, 0.4) is 0 Å². The fraction of sp³-hybridized carbons (Fsp3) is 0. The highest BCUT2D eigenvalue weighted by molar-refractivity contribution is 6.03. The molecule has 0 aliphatic rings. The quantitative estimate of drug-likeness (QED) is 0.766. The Morgan fingerprint density at radius 3 is 2.84 bits per heavy atom. The van der Waals surface area contributed by atoms with Crippen LogP contribution in [0.1, 0.15) is 10.6 Å². The van der Waals surface area contributed by atoms with E-state index in [-0.39, 0.29) is 11.7 Å². The summed E-state index contributed by atoms with van der Waals surface area (Å²) in [4.78, 5) is 11.9. The third-order valence-electron chi connectivity index (χ3n) is 2.49. The van der Waals surface area contributed by atoms with E-state index in [9.17, 15) is 4.79 Å². The minimum absolute atomic E-state index is 0.242. The Morgan fingerprint density at radius 1 is 1.21 bits per heavy atom. The molecule has 3 aromatic rings. The third-order valence-corrected chi connectivity index (χ3v) is 2.49. The molecular formula is C12H9N5O2. The van der Waals surface area contributed by atoms with Crippen LogP contribution in [0.5, 0.6) is 0 Å². The second-order valence-corrected chi connectivity index (χ2v) is 3.70. The predicted octanol–water partition coefficient (Wildman–Crippen LogP) is 1.51. The second-order valence-electron chi connectivity index (χ2n) is 3.70. The number of para-hydroxylation sites is 2. The highest BCUT2D eigenvalue weighted by Crippen LogP contribution is 2.19. The Kier molecular flexibility index (Phi) is 2.77. The van der Waals surface area contributed by atoms with Crippen molar-refractivity contribution in [2.45, 2.75) is 0 Å². The van der Waals surface area contributed by atoms with Crippen LogP contribution in [0, 0.1) is 0 Å². The molecule has 0 spiro atoms. The van der Waals surface area contributed by atoms with Crippen molar-refractivity contribution in [3.63, 3.8) is 0 Å². The van der Waals surface area contributed by atoms with Gasteiger partial charge in [0.1, 0.15) is 6.33 Å². The summed E-state index contributed by atoms with van der Waals surface area (Å²) in [5.74, 6) is -0.0861. The minimum atomic E-state index is -0.328. The number of tetrazole rings is 1. The summed E-state index contributed by atoms with van der Waals surface area (Å²) in [5, 5.41) is 13.7. The van der Waals surface area contributed by atoms with Crippen molar-refractivity contribution < 1.29 is 9.21 Å². The number of nitrogens with one attached hydrogen (secondary N) is 1. The van der Waals surface area contributed by atoms with Gasteiger partial charge in [0, 0.05) is 0 Å². The van der Waals surface area contributed by atoms with Gasteiger partial charge in [-0.3, -0.25) is 4.79 Å². The zero-order valence-electron chi connectivity index (χ0n) is 9.72. The second kappa shape index (κ2) is 4.73. The Balaban J connectivity index is 1.92. The average Bonchev–Trinajstić information content (AvgIpc) is 3.13. The lowest BCUT2D eigenvalue weighted by Crippen LogP contribution is -2.13. The number of amides is 1. The summed E-state index contributed by atoms with van der Waals surface area (Å²) >= 11 is 0. The Labute approximate surface area is 107 Å². The van der Waals surface area contributed by atoms with E-state index in [1.54, 1.807) is 24.3 Å². The maximum absolute atomic E-state index is 11.9. The van der Waals surface area contributed by atoms with Gasteiger partial charge in [0.2, 0.25) is 0 Å². The molecule has 1 aromatic carbocycles. The first-order valence-corrected chi connectivity index (χ1v) is 5.52. The van der Waals surface area contributed by atoms with Crippen molar-refractivity contribution >= 4 is 11.6 Å². The van der Waals surface area contributed by atoms with Crippen LogP contribution in [-0.2, 0) is 0 Å². The van der Waals surface area contributed by atoms with Crippen LogP contribution in [0.25, 0.3) is 5.69 Å². The van der Waals surface area contributed by atoms with E-state index in [1.807, 2.05) is 12.1 Å². The van der Waals surface area contributed by atoms with Gasteiger partial charge in [-0.15, -0.1) is 5.10 Å². The number of carbonyl (C=O) groups excluding carboxylic acids is 1. The van der Waals surface area contributed by atoms with Gasteiger partial charge in [-0.05, 0) is 34.7 Å². The van der Waals surface area contributed by atoms with Crippen molar-refractivity contribution in [2.24, 2.45) is 0 Å². The molecule has 94 valence electrons. The topological polar surface area (TPSA) is 85.8 Å². The SMILES string of the molecule is O=C(Nc1ccccc1-n1cnnn1)c1ccco1. The number of benzene rings is 1. The van der Waals surface area contributed by atoms with Gasteiger partial charge in [0.25, 0.3) is 5.91 Å². The van der Waals surface area contributed by atoms with Crippen LogP contribution < -0.4 is 5.32 Å². The molecule has 0 saturated heterocycles. The number of hydrogen-bond donors (Lipinski definition) is 1. The van der Waals surface area contributed by atoms with E-state index in [4.69, 9.17) is 4.42 Å². The van der Waals surface area contributed by atoms with E-state index in [2.05, 4.69) is 20.8 Å². The van der Waals surface area contributed by atoms with E-state index >= 15 is 0 Å². The van der Waals surface area contributed by atoms with Gasteiger partial charge in [0.05, 0.1) is 17.6 Å². The average molecular weight is 255 g/mol. The molecule has 0 aliphatic carbocycles. The Bertz CT molecular complexity index is 676. The first kappa shape index (κ1) is 11.1. The normalized spacial score (nSPS) is 10.3. The van der Waals surface area contributed by atoms with Crippen LogP contribution in [0.2, 0.25) is 0 Å². The molecule has 2 heterocycles. The fourth-order valence-corrected chi connectivity index (χ4v) is 1.64. The summed E-state index contributed by atoms with van der Waals surface area (Å²) in [5.41, 5.74) is 1.27. The summed E-state index contributed by atoms with van der Waals surface area (Å²) < 4.78 is 6.51. The highest BCUT2D eigenvalue weighted by atomic mass is 16.3. The summed E-state index contributed by atoms with van der Waals surface area (Å²) in [6, 6.07) is 10.5. The van der Waals surface area contributed by atoms with Crippen LogP contribution >= 0.6 is 0 Å². The van der Waals surface area contributed by atoms with E-state index in [1.165, 1.54) is 17.3 Å². The van der Waals surface area contributed by atoms with Crippen molar-refractivity contribution in [1.82, 2.24) is 20.2 Å². The lowest BCUT2D eigenvalue weighted by atomic mass is 10.2. The summed E-state index contributed by atoms with van der Waals surface area (Å²) in [6.07, 6.45) is 2.90. The van der Waals surface area contributed by atoms with Crippen molar-refractivity contribution in [2.75, 3.05) is 5.32 Å². The molecule has 1 amide bonds. The summed E-state index contributed by atoms with van der Waals surface area (Å²) in [7, 11) is 0. The maximum atomic E-state index is 11.9. The monoisotopic (exact) mass is 255 g/mol. The number of carbonyl (C=O) groups is 1. The van der Waals surface area contributed by atoms with E-state index in [0.717, 1.165) is 0 Å². The zero-order valence-corrected chi connectivity index (χ0v) is 9.72. The Hall–Kier alpha value is -2.96. The molecule has 2 aromatic heterocycles. The fourth-order valence-electron chi connectivity index (χ4n) is 1.64. The molecule has 3 rings (SSSR count). The molecule has 0 fully saturated rings. The molecule has 19 heavy (non-hydrogen) atoms. The lowest BCUT2D eigenvalue weighted by Gasteiger charge is -2.08. The number of nitrogens with zero attached hydrogens (tertiary/aromatic N) is 4. The molecule has 0 saturated carbocycles. The smallest absolute Gasteiger partial charge is 0.291 e. The number of aromatic nitrogens is 4. The summed E-state index contributed by atoms with van der Waals surface area (Å²) in [6.45, 7) is 0. The number of rotatable bonds is 3. The molecule has 0 radical (unpaired) electrons. The van der Waals surface area contributed by atoms with Gasteiger partial charge >= 0.3 is 0 Å². The molecule has 7 heteroatoms. The molecular weight excluding hydrogens is 246 g/mol. The van der Waals surface area contributed by atoms with Gasteiger partial charge < -0.3 is 9.73 Å². The molecule has 0 atom stereocenters. The van der Waals surface area contributed by atoms with Gasteiger partial charge in [0.15, 0.2) is 5.76 Å². The third kappa shape index (κ3) is 2.21. The molecule has 0 aliphatic heterocycles. The first-order valence-electron chi connectivity index (χ1n) is 5.52. The van der Waals surface area contributed by atoms with Crippen LogP contribution in [-0.4, -0.2) is 26.1 Å². The number of hydrogen-bond acceptors (Lipinski definition) is 5. The van der Waals surface area contributed by atoms with Gasteiger partial charge in [-0.2, -0.15) is 4.68 Å². The van der Waals surface area contributed by atoms with Crippen molar-refractivity contribution in [3.05, 3.63) is 54.7 Å². The largest absolute Gasteiger partial charge is 0.459 e. The lowest BCUT2D eigenvalue weighted by molar-refractivity contribution is 0.0996. The van der Waals surface area contributed by atoms with Gasteiger partial charge in [-0.25, -0.2) is 0 Å². The van der Waals surface area contributed by atoms with Gasteiger partial charge in [-0.1, -0.05) is 12.1 Å². The van der Waals surface area contributed by atoms with Crippen molar-refractivity contribution in [3.8, 4) is 5.69 Å². The number of furan rings is 1. The first-order chi connectivity index (χ1) is 9.34. The minimum Gasteiger partial charge on any atom is -0.459 e. The van der Waals surface area contributed by atoms with E-state index in [0.29, 0.717) is 11.4 Å². The van der Waals surface area contributed by atoms with Crippen molar-refractivity contribution in [1.29, 1.82) is 0 Å². The maximum Gasteiger partial charge on any atom is 0.291 e. The molecule has 0 bridgehead atoms. The standard InChI is InChI=1S/C12H9N5O2/c18-12(11-6-3-7-19-11)14-9-4-1-2-5-10(9)17-8-13-15-16-17/h1-8H,(H,14,18). The highest BCUT2D eigenvalue weighted by Gasteiger charge is 2.12. The molecule has 1 N–H and O–H groups in total. The van der Waals surface area contributed by atoms with Crippen LogP contribution in [0.4, 0.5) is 5.69 Å². The zero-order chi connectivity index (χ0) is 13.1. The predicted molar refractivity (Wildman–Crippen MR) is 65.8 cm³/mol. The molecule has 0 unspecified atom stereocenters. The van der Waals surface area contributed by atoms with Crippen LogP contribution in [0.15, 0.2) is 53.4 Å². The van der Waals surface area contributed by atoms with E-state index < -0.39 is 0 Å².